The van der Waals surface area contributed by atoms with E-state index in [0.29, 0.717) is 4.71 Å². The van der Waals surface area contributed by atoms with Gasteiger partial charge < -0.3 is 5.73 Å². The van der Waals surface area contributed by atoms with Crippen LogP contribution in [0, 0.1) is 0 Å². The minimum Gasteiger partial charge on any atom is -0.330 e. The fourth-order valence-electron chi connectivity index (χ4n) is 0.684. The molecule has 1 atom stereocenters. The van der Waals surface area contributed by atoms with Gasteiger partial charge in [0.25, 0.3) is 0 Å². The molecule has 1 rings (SSSR count). The Hall–Kier alpha value is 0.620. The molecule has 9 heavy (non-hydrogen) atoms. The maximum Gasteiger partial charge on any atom is 0.100 e. The Morgan fingerprint density at radius 3 is 3.22 bits per heavy atom. The summed E-state index contributed by atoms with van der Waals surface area (Å²) in [6, 6.07) is 0. The molecule has 0 aromatic carbocycles. The normalized spacial score (nSPS) is 27.0. The van der Waals surface area contributed by atoms with Crippen molar-refractivity contribution in [1.29, 1.82) is 0 Å². The number of hydrogen-bond acceptors (Lipinski definition) is 4. The van der Waals surface area contributed by atoms with Crippen molar-refractivity contribution in [2.45, 2.75) is 4.71 Å². The van der Waals surface area contributed by atoms with E-state index in [4.69, 9.17) is 5.73 Å². The van der Waals surface area contributed by atoms with Crippen molar-refractivity contribution >= 4 is 23.5 Å². The van der Waals surface area contributed by atoms with Crippen LogP contribution in [0.15, 0.2) is 0 Å². The SMILES string of the molecule is NCCSC1NCCS1. The third-order valence-electron chi connectivity index (χ3n) is 1.07. The molecule has 1 aliphatic heterocycles. The number of thioether (sulfide) groups is 2. The van der Waals surface area contributed by atoms with Crippen LogP contribution < -0.4 is 11.1 Å². The zero-order valence-corrected chi connectivity index (χ0v) is 6.93. The molecule has 2 nitrogen and oxygen atoms in total. The number of hydrogen-bond donors (Lipinski definition) is 2. The van der Waals surface area contributed by atoms with E-state index >= 15 is 0 Å². The van der Waals surface area contributed by atoms with Crippen molar-refractivity contribution < 1.29 is 0 Å². The molecule has 0 radical (unpaired) electrons. The van der Waals surface area contributed by atoms with Crippen LogP contribution in [0.3, 0.4) is 0 Å². The highest BCUT2D eigenvalue weighted by Crippen LogP contribution is 2.23. The Labute approximate surface area is 64.3 Å². The van der Waals surface area contributed by atoms with Gasteiger partial charge in [0, 0.05) is 24.6 Å². The Bertz CT molecular complexity index is 73.4. The van der Waals surface area contributed by atoms with Crippen LogP contribution in [0.25, 0.3) is 0 Å². The van der Waals surface area contributed by atoms with E-state index in [1.165, 1.54) is 5.75 Å². The minimum absolute atomic E-state index is 0.619. The van der Waals surface area contributed by atoms with Gasteiger partial charge in [-0.1, -0.05) is 0 Å². The molecule has 54 valence electrons. The molecule has 0 spiro atoms. The van der Waals surface area contributed by atoms with Crippen LogP contribution in [-0.2, 0) is 0 Å². The topological polar surface area (TPSA) is 38.0 Å². The van der Waals surface area contributed by atoms with E-state index in [1.807, 2.05) is 23.5 Å². The third kappa shape index (κ3) is 2.80. The number of rotatable bonds is 3. The molecule has 1 aliphatic rings. The van der Waals surface area contributed by atoms with Gasteiger partial charge in [0.2, 0.25) is 0 Å². The first-order chi connectivity index (χ1) is 4.43. The van der Waals surface area contributed by atoms with Crippen molar-refractivity contribution in [3.8, 4) is 0 Å². The largest absolute Gasteiger partial charge is 0.330 e. The lowest BCUT2D eigenvalue weighted by Crippen LogP contribution is -2.17. The van der Waals surface area contributed by atoms with Crippen molar-refractivity contribution in [3.05, 3.63) is 0 Å². The van der Waals surface area contributed by atoms with Gasteiger partial charge in [0.1, 0.15) is 4.71 Å². The van der Waals surface area contributed by atoms with Crippen molar-refractivity contribution in [3.63, 3.8) is 0 Å². The van der Waals surface area contributed by atoms with Gasteiger partial charge in [-0.25, -0.2) is 0 Å². The zero-order valence-electron chi connectivity index (χ0n) is 5.30. The van der Waals surface area contributed by atoms with Gasteiger partial charge in [-0.3, -0.25) is 5.32 Å². The maximum atomic E-state index is 5.35. The molecular formula is C5H12N2S2. The first-order valence-corrected chi connectivity index (χ1v) is 5.20. The average Bonchev–Trinajstić information content (AvgIpc) is 2.34. The predicted molar refractivity (Wildman–Crippen MR) is 45.8 cm³/mol. The van der Waals surface area contributed by atoms with Gasteiger partial charge in [0.05, 0.1) is 0 Å². The van der Waals surface area contributed by atoms with Gasteiger partial charge in [-0.05, 0) is 0 Å². The summed E-state index contributed by atoms with van der Waals surface area (Å²) in [5.74, 6) is 2.33. The summed E-state index contributed by atoms with van der Waals surface area (Å²) in [5, 5.41) is 3.36. The fourth-order valence-corrected chi connectivity index (χ4v) is 2.92. The fraction of sp³-hybridized carbons (Fsp3) is 1.00. The molecule has 1 heterocycles. The molecule has 0 amide bonds. The second kappa shape index (κ2) is 4.44. The minimum atomic E-state index is 0.619. The van der Waals surface area contributed by atoms with Crippen LogP contribution in [0.2, 0.25) is 0 Å². The van der Waals surface area contributed by atoms with Gasteiger partial charge in [-0.2, -0.15) is 0 Å². The van der Waals surface area contributed by atoms with E-state index in [2.05, 4.69) is 5.32 Å². The molecule has 0 aromatic heterocycles. The van der Waals surface area contributed by atoms with Gasteiger partial charge in [-0.15, -0.1) is 23.5 Å². The second-order valence-electron chi connectivity index (χ2n) is 1.82. The summed E-state index contributed by atoms with van der Waals surface area (Å²) >= 11 is 3.89. The molecule has 0 bridgehead atoms. The average molecular weight is 164 g/mol. The summed E-state index contributed by atoms with van der Waals surface area (Å²) in [5.41, 5.74) is 5.35. The predicted octanol–water partition coefficient (Wildman–Crippen LogP) is 0.298. The van der Waals surface area contributed by atoms with Crippen LogP contribution in [0.1, 0.15) is 0 Å². The number of nitrogens with one attached hydrogen (secondary N) is 1. The lowest BCUT2D eigenvalue weighted by Gasteiger charge is -2.05. The third-order valence-corrected chi connectivity index (χ3v) is 3.74. The van der Waals surface area contributed by atoms with Gasteiger partial charge in [0.15, 0.2) is 0 Å². The quantitative estimate of drug-likeness (QED) is 0.629. The summed E-state index contributed by atoms with van der Waals surface area (Å²) in [7, 11) is 0. The van der Waals surface area contributed by atoms with Crippen LogP contribution >= 0.6 is 23.5 Å². The number of nitrogens with two attached hydrogens (primary N) is 1. The Morgan fingerprint density at radius 1 is 1.78 bits per heavy atom. The first-order valence-electron chi connectivity index (χ1n) is 3.10. The Balaban J connectivity index is 1.98. The molecular weight excluding hydrogens is 152 g/mol. The Morgan fingerprint density at radius 2 is 2.67 bits per heavy atom. The molecule has 1 unspecified atom stereocenters. The first kappa shape index (κ1) is 7.72. The molecule has 0 saturated carbocycles. The van der Waals surface area contributed by atoms with Gasteiger partial charge >= 0.3 is 0 Å². The smallest absolute Gasteiger partial charge is 0.100 e. The molecule has 1 fully saturated rings. The molecule has 0 aromatic rings. The monoisotopic (exact) mass is 164 g/mol. The van der Waals surface area contributed by atoms with E-state index in [1.54, 1.807) is 0 Å². The summed E-state index contributed by atoms with van der Waals surface area (Å²) in [6.07, 6.45) is 0. The Kier molecular flexibility index (Phi) is 3.81. The highest BCUT2D eigenvalue weighted by molar-refractivity contribution is 8.17. The lowest BCUT2D eigenvalue weighted by molar-refractivity contribution is 0.853. The molecule has 1 saturated heterocycles. The van der Waals surface area contributed by atoms with Crippen molar-refractivity contribution in [2.24, 2.45) is 5.73 Å². The lowest BCUT2D eigenvalue weighted by atomic mass is 10.8. The molecule has 0 aliphatic carbocycles. The standard InChI is InChI=1S/C5H12N2S2/c6-1-3-8-5-7-2-4-9-5/h5,7H,1-4,6H2. The zero-order chi connectivity index (χ0) is 6.53. The second-order valence-corrected chi connectivity index (χ2v) is 4.54. The summed E-state index contributed by atoms with van der Waals surface area (Å²) < 4.78 is 0.619. The maximum absolute atomic E-state index is 5.35. The molecule has 3 N–H and O–H groups in total. The van der Waals surface area contributed by atoms with E-state index in [9.17, 15) is 0 Å². The molecule has 4 heteroatoms. The van der Waals surface area contributed by atoms with Crippen molar-refractivity contribution in [2.75, 3.05) is 24.6 Å². The van der Waals surface area contributed by atoms with Crippen molar-refractivity contribution in [1.82, 2.24) is 5.32 Å². The highest BCUT2D eigenvalue weighted by atomic mass is 32.2. The summed E-state index contributed by atoms with van der Waals surface area (Å²) in [6.45, 7) is 1.95. The summed E-state index contributed by atoms with van der Waals surface area (Å²) in [4.78, 5) is 0. The van der Waals surface area contributed by atoms with E-state index < -0.39 is 0 Å². The van der Waals surface area contributed by atoms with E-state index in [0.717, 1.165) is 18.8 Å². The van der Waals surface area contributed by atoms with Crippen LogP contribution in [0.5, 0.6) is 0 Å². The van der Waals surface area contributed by atoms with Crippen LogP contribution in [0.4, 0.5) is 0 Å². The van der Waals surface area contributed by atoms with Crippen LogP contribution in [-0.4, -0.2) is 29.3 Å². The highest BCUT2D eigenvalue weighted by Gasteiger charge is 2.13. The van der Waals surface area contributed by atoms with E-state index in [-0.39, 0.29) is 0 Å².